The van der Waals surface area contributed by atoms with E-state index in [1.807, 2.05) is 39.8 Å². The molecule has 116 valence electrons. The first-order chi connectivity index (χ1) is 9.83. The highest BCUT2D eigenvalue weighted by Gasteiger charge is 2.19. The van der Waals surface area contributed by atoms with Gasteiger partial charge in [0.15, 0.2) is 0 Å². The number of rotatable bonds is 5. The Labute approximate surface area is 125 Å². The molecule has 0 fully saturated rings. The molecule has 0 radical (unpaired) electrons. The average Bonchev–Trinajstić information content (AvgIpc) is 2.41. The molecule has 21 heavy (non-hydrogen) atoms. The normalized spacial score (nSPS) is 12.1. The molecule has 0 saturated heterocycles. The number of nitrogens with one attached hydrogen (secondary N) is 2. The lowest BCUT2D eigenvalue weighted by molar-refractivity contribution is -0.136. The molecule has 5 nitrogen and oxygen atoms in total. The predicted molar refractivity (Wildman–Crippen MR) is 83.0 cm³/mol. The molecule has 3 N–H and O–H groups in total. The van der Waals surface area contributed by atoms with Gasteiger partial charge in [-0.1, -0.05) is 19.9 Å². The quantitative estimate of drug-likeness (QED) is 0.724. The van der Waals surface area contributed by atoms with Crippen molar-refractivity contribution in [3.05, 3.63) is 29.3 Å². The maximum Gasteiger partial charge on any atom is 0.313 e. The summed E-state index contributed by atoms with van der Waals surface area (Å²) < 4.78 is 0. The second kappa shape index (κ2) is 7.78. The van der Waals surface area contributed by atoms with E-state index in [1.54, 1.807) is 6.07 Å². The third-order valence-electron chi connectivity index (χ3n) is 3.28. The van der Waals surface area contributed by atoms with Gasteiger partial charge in [-0.3, -0.25) is 9.59 Å². The van der Waals surface area contributed by atoms with E-state index in [4.69, 9.17) is 0 Å². The lowest BCUT2D eigenvalue weighted by atomic mass is 10.0. The maximum absolute atomic E-state index is 11.8. The molecule has 0 aliphatic carbocycles. The number of benzene rings is 1. The molecule has 0 heterocycles. The number of aliphatic hydroxyl groups excluding tert-OH is 1. The van der Waals surface area contributed by atoms with E-state index in [0.29, 0.717) is 18.0 Å². The standard InChI is InChI=1S/C16H24N2O3/c1-10(2)7-14(9-19)18-16(21)15(20)17-13-6-5-11(3)12(4)8-13/h5-6,8,10,14,19H,7,9H2,1-4H3,(H,17,20)(H,18,21). The Bertz CT molecular complexity index is 512. The Balaban J connectivity index is 2.61. The average molecular weight is 292 g/mol. The fraction of sp³-hybridized carbons (Fsp3) is 0.500. The van der Waals surface area contributed by atoms with E-state index in [-0.39, 0.29) is 6.61 Å². The molecule has 1 unspecified atom stereocenters. The Kier molecular flexibility index (Phi) is 6.37. The van der Waals surface area contributed by atoms with E-state index in [1.165, 1.54) is 0 Å². The SMILES string of the molecule is Cc1ccc(NC(=O)C(=O)NC(CO)CC(C)C)cc1C. The van der Waals surface area contributed by atoms with Crippen LogP contribution in [0.25, 0.3) is 0 Å². The van der Waals surface area contributed by atoms with Gasteiger partial charge in [-0.05, 0) is 49.4 Å². The number of aliphatic hydroxyl groups is 1. The van der Waals surface area contributed by atoms with Crippen LogP contribution in [0.2, 0.25) is 0 Å². The maximum atomic E-state index is 11.8. The van der Waals surface area contributed by atoms with E-state index < -0.39 is 17.9 Å². The summed E-state index contributed by atoms with van der Waals surface area (Å²) in [6.07, 6.45) is 0.624. The Hall–Kier alpha value is -1.88. The Morgan fingerprint density at radius 1 is 1.14 bits per heavy atom. The van der Waals surface area contributed by atoms with Gasteiger partial charge in [0.2, 0.25) is 0 Å². The van der Waals surface area contributed by atoms with E-state index in [9.17, 15) is 14.7 Å². The summed E-state index contributed by atoms with van der Waals surface area (Å²) in [7, 11) is 0. The monoisotopic (exact) mass is 292 g/mol. The molecular weight excluding hydrogens is 268 g/mol. The van der Waals surface area contributed by atoms with Gasteiger partial charge in [-0.15, -0.1) is 0 Å². The number of aryl methyl sites for hydroxylation is 2. The molecule has 1 rings (SSSR count). The van der Waals surface area contributed by atoms with Crippen molar-refractivity contribution in [1.82, 2.24) is 5.32 Å². The van der Waals surface area contributed by atoms with Crippen LogP contribution in [0.3, 0.4) is 0 Å². The second-order valence-electron chi connectivity index (χ2n) is 5.74. The van der Waals surface area contributed by atoms with Crippen LogP contribution in [0.15, 0.2) is 18.2 Å². The zero-order valence-electron chi connectivity index (χ0n) is 13.1. The minimum Gasteiger partial charge on any atom is -0.394 e. The molecule has 0 spiro atoms. The predicted octanol–water partition coefficient (Wildman–Crippen LogP) is 1.77. The van der Waals surface area contributed by atoms with Crippen molar-refractivity contribution >= 4 is 17.5 Å². The number of hydrogen-bond donors (Lipinski definition) is 3. The Morgan fingerprint density at radius 2 is 1.81 bits per heavy atom. The number of amides is 2. The number of carbonyl (C=O) groups excluding carboxylic acids is 2. The summed E-state index contributed by atoms with van der Waals surface area (Å²) in [5.74, 6) is -1.13. The zero-order chi connectivity index (χ0) is 16.0. The van der Waals surface area contributed by atoms with Gasteiger partial charge in [0.25, 0.3) is 0 Å². The summed E-state index contributed by atoms with van der Waals surface area (Å²) in [6, 6.07) is 5.06. The molecule has 0 saturated carbocycles. The fourth-order valence-corrected chi connectivity index (χ4v) is 2.01. The van der Waals surface area contributed by atoms with Crippen molar-refractivity contribution in [1.29, 1.82) is 0 Å². The lowest BCUT2D eigenvalue weighted by Gasteiger charge is -2.18. The Morgan fingerprint density at radius 3 is 2.33 bits per heavy atom. The molecule has 2 amide bonds. The third kappa shape index (κ3) is 5.55. The van der Waals surface area contributed by atoms with Gasteiger partial charge in [-0.2, -0.15) is 0 Å². The number of anilines is 1. The van der Waals surface area contributed by atoms with Gasteiger partial charge in [-0.25, -0.2) is 0 Å². The molecule has 5 heteroatoms. The molecule has 0 aliphatic rings. The van der Waals surface area contributed by atoms with E-state index in [0.717, 1.165) is 11.1 Å². The summed E-state index contributed by atoms with van der Waals surface area (Å²) in [6.45, 7) is 7.72. The van der Waals surface area contributed by atoms with Crippen molar-refractivity contribution in [2.24, 2.45) is 5.92 Å². The lowest BCUT2D eigenvalue weighted by Crippen LogP contribution is -2.44. The van der Waals surface area contributed by atoms with Crippen LogP contribution in [0.4, 0.5) is 5.69 Å². The fourth-order valence-electron chi connectivity index (χ4n) is 2.01. The van der Waals surface area contributed by atoms with Crippen molar-refractivity contribution < 1.29 is 14.7 Å². The highest BCUT2D eigenvalue weighted by molar-refractivity contribution is 6.39. The van der Waals surface area contributed by atoms with Crippen LogP contribution in [0, 0.1) is 19.8 Å². The number of hydrogen-bond acceptors (Lipinski definition) is 3. The second-order valence-corrected chi connectivity index (χ2v) is 5.74. The third-order valence-corrected chi connectivity index (χ3v) is 3.28. The van der Waals surface area contributed by atoms with Crippen LogP contribution in [0.5, 0.6) is 0 Å². The first-order valence-corrected chi connectivity index (χ1v) is 7.13. The molecule has 1 aromatic carbocycles. The summed E-state index contributed by atoms with van der Waals surface area (Å²) >= 11 is 0. The van der Waals surface area contributed by atoms with Crippen molar-refractivity contribution in [2.45, 2.75) is 40.2 Å². The van der Waals surface area contributed by atoms with Crippen LogP contribution in [0.1, 0.15) is 31.4 Å². The van der Waals surface area contributed by atoms with Crippen molar-refractivity contribution in [3.8, 4) is 0 Å². The smallest absolute Gasteiger partial charge is 0.313 e. The number of carbonyl (C=O) groups is 2. The minimum atomic E-state index is -0.729. The van der Waals surface area contributed by atoms with Gasteiger partial charge in [0.05, 0.1) is 12.6 Å². The molecular formula is C16H24N2O3. The molecule has 0 bridgehead atoms. The van der Waals surface area contributed by atoms with Gasteiger partial charge in [0, 0.05) is 5.69 Å². The van der Waals surface area contributed by atoms with Crippen LogP contribution < -0.4 is 10.6 Å². The first-order valence-electron chi connectivity index (χ1n) is 7.13. The van der Waals surface area contributed by atoms with Crippen LogP contribution in [-0.2, 0) is 9.59 Å². The van der Waals surface area contributed by atoms with Gasteiger partial charge in [0.1, 0.15) is 0 Å². The van der Waals surface area contributed by atoms with Crippen molar-refractivity contribution in [3.63, 3.8) is 0 Å². The van der Waals surface area contributed by atoms with E-state index >= 15 is 0 Å². The van der Waals surface area contributed by atoms with Crippen LogP contribution >= 0.6 is 0 Å². The highest BCUT2D eigenvalue weighted by Crippen LogP contribution is 2.14. The minimum absolute atomic E-state index is 0.180. The van der Waals surface area contributed by atoms with E-state index in [2.05, 4.69) is 10.6 Å². The summed E-state index contributed by atoms with van der Waals surface area (Å²) in [5.41, 5.74) is 2.75. The molecule has 1 atom stereocenters. The molecule has 1 aromatic rings. The molecule has 0 aliphatic heterocycles. The van der Waals surface area contributed by atoms with Gasteiger partial charge >= 0.3 is 11.8 Å². The summed E-state index contributed by atoms with van der Waals surface area (Å²) in [5, 5.41) is 14.3. The van der Waals surface area contributed by atoms with Crippen LogP contribution in [-0.4, -0.2) is 29.6 Å². The van der Waals surface area contributed by atoms with Gasteiger partial charge < -0.3 is 15.7 Å². The highest BCUT2D eigenvalue weighted by atomic mass is 16.3. The first kappa shape index (κ1) is 17.2. The largest absolute Gasteiger partial charge is 0.394 e. The van der Waals surface area contributed by atoms with Crippen molar-refractivity contribution in [2.75, 3.05) is 11.9 Å². The summed E-state index contributed by atoms with van der Waals surface area (Å²) in [4.78, 5) is 23.7. The topological polar surface area (TPSA) is 78.4 Å². The molecule has 0 aromatic heterocycles. The zero-order valence-corrected chi connectivity index (χ0v) is 13.1.